The zero-order chi connectivity index (χ0) is 13.3. The van der Waals surface area contributed by atoms with Crippen LogP contribution in [0.5, 0.6) is 0 Å². The lowest BCUT2D eigenvalue weighted by atomic mass is 9.68. The Morgan fingerprint density at radius 3 is 2.65 bits per heavy atom. The maximum absolute atomic E-state index is 5.17. The largest absolute Gasteiger partial charge is 0.352 e. The molecule has 4 fully saturated rings. The van der Waals surface area contributed by atoms with Crippen LogP contribution in [0.2, 0.25) is 0 Å². The molecule has 3 aliphatic heterocycles. The van der Waals surface area contributed by atoms with E-state index in [1.807, 2.05) is 0 Å². The molecule has 0 N–H and O–H groups in total. The van der Waals surface area contributed by atoms with E-state index >= 15 is 0 Å². The van der Waals surface area contributed by atoms with Crippen LogP contribution in [0, 0.1) is 24.7 Å². The molecule has 2 saturated carbocycles. The van der Waals surface area contributed by atoms with E-state index in [-0.39, 0.29) is 0 Å². The number of rotatable bonds is 0. The number of nitrogens with zero attached hydrogens (tertiary/aromatic N) is 2. The van der Waals surface area contributed by atoms with Gasteiger partial charge in [-0.25, -0.2) is 4.99 Å². The number of hydrogen-bond donors (Lipinski definition) is 0. The van der Waals surface area contributed by atoms with Gasteiger partial charge >= 0.3 is 0 Å². The molecule has 2 nitrogen and oxygen atoms in total. The minimum absolute atomic E-state index is 0.749. The van der Waals surface area contributed by atoms with E-state index in [1.165, 1.54) is 54.8 Å². The highest BCUT2D eigenvalue weighted by Gasteiger charge is 2.46. The standard InChI is InChI=1S/C18H22N2/c1-11-3-2-4-14-10-20-16-8-12-5-13(9-16)7-15(6-12)18(20)19-17(11)14/h2-4,12-13,15-16H,5-10H2,1H3/t12-,13-,15?,16?/m0/s1. The number of fused-ring (bicyclic) bond motifs is 1. The van der Waals surface area contributed by atoms with Crippen molar-refractivity contribution in [2.45, 2.75) is 51.6 Å². The van der Waals surface area contributed by atoms with Crippen molar-refractivity contribution in [1.29, 1.82) is 0 Å². The van der Waals surface area contributed by atoms with E-state index in [0.29, 0.717) is 0 Å². The van der Waals surface area contributed by atoms with Crippen molar-refractivity contribution in [2.24, 2.45) is 22.7 Å². The second-order valence-corrected chi connectivity index (χ2v) is 7.44. The van der Waals surface area contributed by atoms with Crippen LogP contribution in [0.1, 0.15) is 43.2 Å². The van der Waals surface area contributed by atoms with E-state index in [4.69, 9.17) is 4.99 Å². The molecular formula is C18H22N2. The van der Waals surface area contributed by atoms with Crippen LogP contribution < -0.4 is 0 Å². The maximum Gasteiger partial charge on any atom is 0.109 e. The number of aryl methyl sites for hydroxylation is 1. The third-order valence-corrected chi connectivity index (χ3v) is 6.10. The van der Waals surface area contributed by atoms with Gasteiger partial charge in [0.15, 0.2) is 0 Å². The van der Waals surface area contributed by atoms with Crippen molar-refractivity contribution in [1.82, 2.24) is 4.90 Å². The number of para-hydroxylation sites is 1. The first kappa shape index (κ1) is 11.4. The van der Waals surface area contributed by atoms with Crippen LogP contribution in [-0.4, -0.2) is 16.8 Å². The quantitative estimate of drug-likeness (QED) is 0.691. The Morgan fingerprint density at radius 2 is 1.85 bits per heavy atom. The van der Waals surface area contributed by atoms with Crippen LogP contribution in [0.3, 0.4) is 0 Å². The fourth-order valence-electron chi connectivity index (χ4n) is 5.37. The highest BCUT2D eigenvalue weighted by molar-refractivity contribution is 5.90. The molecule has 1 aromatic carbocycles. The van der Waals surface area contributed by atoms with Gasteiger partial charge in [-0.3, -0.25) is 0 Å². The van der Waals surface area contributed by atoms with Crippen molar-refractivity contribution in [3.63, 3.8) is 0 Å². The average Bonchev–Trinajstić information content (AvgIpc) is 2.60. The summed E-state index contributed by atoms with van der Waals surface area (Å²) in [5.41, 5.74) is 4.06. The molecular weight excluding hydrogens is 244 g/mol. The molecule has 2 heteroatoms. The summed E-state index contributed by atoms with van der Waals surface area (Å²) < 4.78 is 0. The second kappa shape index (κ2) is 3.87. The summed E-state index contributed by atoms with van der Waals surface area (Å²) >= 11 is 0. The molecule has 2 aliphatic carbocycles. The van der Waals surface area contributed by atoms with Gasteiger partial charge in [0, 0.05) is 18.5 Å². The van der Waals surface area contributed by atoms with Crippen molar-refractivity contribution in [3.8, 4) is 0 Å². The van der Waals surface area contributed by atoms with Crippen LogP contribution in [-0.2, 0) is 6.54 Å². The predicted octanol–water partition coefficient (Wildman–Crippen LogP) is 4.05. The van der Waals surface area contributed by atoms with Crippen LogP contribution >= 0.6 is 0 Å². The van der Waals surface area contributed by atoms with E-state index in [0.717, 1.165) is 30.3 Å². The summed E-state index contributed by atoms with van der Waals surface area (Å²) in [7, 11) is 0. The lowest BCUT2D eigenvalue weighted by Crippen LogP contribution is -2.42. The molecule has 1 aromatic rings. The van der Waals surface area contributed by atoms with Gasteiger partial charge in [-0.05, 0) is 62.0 Å². The molecule has 0 unspecified atom stereocenters. The average molecular weight is 266 g/mol. The first-order valence-electron chi connectivity index (χ1n) is 8.21. The van der Waals surface area contributed by atoms with E-state index in [1.54, 1.807) is 0 Å². The summed E-state index contributed by atoms with van der Waals surface area (Å²) in [5, 5.41) is 0. The van der Waals surface area contributed by atoms with Crippen molar-refractivity contribution in [3.05, 3.63) is 29.3 Å². The van der Waals surface area contributed by atoms with E-state index in [9.17, 15) is 0 Å². The minimum Gasteiger partial charge on any atom is -0.352 e. The molecule has 5 aliphatic rings. The number of benzene rings is 1. The maximum atomic E-state index is 5.17. The van der Waals surface area contributed by atoms with Crippen LogP contribution in [0.4, 0.5) is 5.69 Å². The number of amidine groups is 1. The van der Waals surface area contributed by atoms with Crippen molar-refractivity contribution < 1.29 is 0 Å². The fraction of sp³-hybridized carbons (Fsp3) is 0.611. The van der Waals surface area contributed by atoms with E-state index < -0.39 is 0 Å². The third kappa shape index (κ3) is 1.48. The molecule has 2 saturated heterocycles. The topological polar surface area (TPSA) is 15.6 Å². The first-order chi connectivity index (χ1) is 9.78. The van der Waals surface area contributed by atoms with Crippen molar-refractivity contribution >= 4 is 11.5 Å². The molecule has 2 atom stereocenters. The Kier molecular flexibility index (Phi) is 2.20. The van der Waals surface area contributed by atoms with E-state index in [2.05, 4.69) is 30.0 Å². The summed E-state index contributed by atoms with van der Waals surface area (Å²) in [6.07, 6.45) is 7.16. The highest BCUT2D eigenvalue weighted by Crippen LogP contribution is 2.50. The third-order valence-electron chi connectivity index (χ3n) is 6.10. The van der Waals surface area contributed by atoms with Gasteiger partial charge in [0.25, 0.3) is 0 Å². The summed E-state index contributed by atoms with van der Waals surface area (Å²) in [6, 6.07) is 7.45. The Bertz CT molecular complexity index is 589. The van der Waals surface area contributed by atoms with Crippen LogP contribution in [0.25, 0.3) is 0 Å². The lowest BCUT2D eigenvalue weighted by molar-refractivity contribution is 0.128. The molecule has 0 aromatic heterocycles. The van der Waals surface area contributed by atoms with Gasteiger partial charge < -0.3 is 4.90 Å². The normalized spacial score (nSPS) is 37.2. The summed E-state index contributed by atoms with van der Waals surface area (Å²) in [5.74, 6) is 4.16. The van der Waals surface area contributed by atoms with Gasteiger partial charge in [-0.2, -0.15) is 0 Å². The molecule has 20 heavy (non-hydrogen) atoms. The van der Waals surface area contributed by atoms with Crippen LogP contribution in [0.15, 0.2) is 23.2 Å². The van der Waals surface area contributed by atoms with Crippen molar-refractivity contribution in [2.75, 3.05) is 0 Å². The zero-order valence-electron chi connectivity index (χ0n) is 12.2. The molecule has 0 amide bonds. The first-order valence-corrected chi connectivity index (χ1v) is 8.21. The molecule has 6 rings (SSSR count). The Hall–Kier alpha value is -1.31. The number of aliphatic imine (C=N–C) groups is 1. The monoisotopic (exact) mass is 266 g/mol. The molecule has 104 valence electrons. The van der Waals surface area contributed by atoms with Gasteiger partial charge in [0.1, 0.15) is 5.84 Å². The van der Waals surface area contributed by atoms with Gasteiger partial charge in [0.05, 0.1) is 5.69 Å². The predicted molar refractivity (Wildman–Crippen MR) is 81.2 cm³/mol. The second-order valence-electron chi connectivity index (χ2n) is 7.44. The Balaban J connectivity index is 1.66. The smallest absolute Gasteiger partial charge is 0.109 e. The fourth-order valence-corrected chi connectivity index (χ4v) is 5.37. The van der Waals surface area contributed by atoms with Gasteiger partial charge in [-0.15, -0.1) is 0 Å². The summed E-state index contributed by atoms with van der Waals surface area (Å²) in [4.78, 5) is 7.85. The number of hydrogen-bond acceptors (Lipinski definition) is 2. The molecule has 0 spiro atoms. The highest BCUT2D eigenvalue weighted by atomic mass is 15.2. The Labute approximate surface area is 120 Å². The lowest BCUT2D eigenvalue weighted by Gasteiger charge is -2.39. The minimum atomic E-state index is 0.749. The zero-order valence-corrected chi connectivity index (χ0v) is 12.2. The molecule has 3 heterocycles. The SMILES string of the molecule is Cc1cccc2c1N=C1C3C[C@H]4CC(C[C@H](C3)C4)N1C2. The molecule has 0 radical (unpaired) electrons. The molecule has 4 bridgehead atoms. The van der Waals surface area contributed by atoms with Gasteiger partial charge in [-0.1, -0.05) is 18.2 Å². The van der Waals surface area contributed by atoms with Gasteiger partial charge in [0.2, 0.25) is 0 Å². The Morgan fingerprint density at radius 1 is 1.05 bits per heavy atom. The summed E-state index contributed by atoms with van der Waals surface area (Å²) in [6.45, 7) is 3.31.